The van der Waals surface area contributed by atoms with Crippen molar-refractivity contribution in [2.45, 2.75) is 13.0 Å². The molecule has 0 saturated heterocycles. The molecule has 0 aliphatic carbocycles. The SMILES string of the molecule is COc1cccc(C(=O)NCCCn2ccnc2-c2ccccc2)c1. The first-order valence-corrected chi connectivity index (χ1v) is 8.27. The number of methoxy groups -OCH3 is 1. The minimum absolute atomic E-state index is 0.0900. The molecule has 5 heteroatoms. The predicted molar refractivity (Wildman–Crippen MR) is 97.6 cm³/mol. The van der Waals surface area contributed by atoms with Gasteiger partial charge in [-0.3, -0.25) is 4.79 Å². The van der Waals surface area contributed by atoms with Gasteiger partial charge < -0.3 is 14.6 Å². The molecule has 1 heterocycles. The number of amides is 1. The average molecular weight is 335 g/mol. The number of aryl methyl sites for hydroxylation is 1. The summed E-state index contributed by atoms with van der Waals surface area (Å²) in [6.07, 6.45) is 4.59. The van der Waals surface area contributed by atoms with Crippen molar-refractivity contribution in [2.24, 2.45) is 0 Å². The monoisotopic (exact) mass is 335 g/mol. The topological polar surface area (TPSA) is 56.1 Å². The van der Waals surface area contributed by atoms with Gasteiger partial charge in [-0.1, -0.05) is 36.4 Å². The van der Waals surface area contributed by atoms with E-state index in [0.717, 1.165) is 24.4 Å². The maximum Gasteiger partial charge on any atom is 0.251 e. The van der Waals surface area contributed by atoms with E-state index in [4.69, 9.17) is 4.74 Å². The minimum Gasteiger partial charge on any atom is -0.497 e. The van der Waals surface area contributed by atoms with E-state index >= 15 is 0 Å². The molecule has 1 aromatic heterocycles. The quantitative estimate of drug-likeness (QED) is 0.674. The second kappa shape index (κ2) is 8.15. The smallest absolute Gasteiger partial charge is 0.251 e. The van der Waals surface area contributed by atoms with Gasteiger partial charge in [0.2, 0.25) is 0 Å². The largest absolute Gasteiger partial charge is 0.497 e. The highest BCUT2D eigenvalue weighted by Crippen LogP contribution is 2.17. The summed E-state index contributed by atoms with van der Waals surface area (Å²) in [5.74, 6) is 1.53. The number of imidazole rings is 1. The van der Waals surface area contributed by atoms with Crippen LogP contribution >= 0.6 is 0 Å². The Balaban J connectivity index is 1.52. The van der Waals surface area contributed by atoms with Crippen molar-refractivity contribution in [1.82, 2.24) is 14.9 Å². The van der Waals surface area contributed by atoms with Crippen molar-refractivity contribution >= 4 is 5.91 Å². The molecule has 3 aromatic rings. The zero-order valence-electron chi connectivity index (χ0n) is 14.2. The maximum atomic E-state index is 12.2. The van der Waals surface area contributed by atoms with Crippen LogP contribution < -0.4 is 10.1 Å². The molecule has 0 fully saturated rings. The second-order valence-corrected chi connectivity index (χ2v) is 5.65. The van der Waals surface area contributed by atoms with Crippen LogP contribution in [-0.4, -0.2) is 29.1 Å². The number of ether oxygens (including phenoxy) is 1. The van der Waals surface area contributed by atoms with E-state index in [1.807, 2.05) is 48.7 Å². The molecule has 0 atom stereocenters. The lowest BCUT2D eigenvalue weighted by atomic mass is 10.2. The van der Waals surface area contributed by atoms with E-state index < -0.39 is 0 Å². The van der Waals surface area contributed by atoms with Crippen molar-refractivity contribution in [3.63, 3.8) is 0 Å². The van der Waals surface area contributed by atoms with E-state index in [2.05, 4.69) is 14.9 Å². The van der Waals surface area contributed by atoms with E-state index in [1.165, 1.54) is 0 Å². The molecule has 0 saturated carbocycles. The van der Waals surface area contributed by atoms with Crippen LogP contribution in [0, 0.1) is 0 Å². The Morgan fingerprint density at radius 2 is 2.00 bits per heavy atom. The fourth-order valence-corrected chi connectivity index (χ4v) is 2.65. The van der Waals surface area contributed by atoms with Gasteiger partial charge in [0.05, 0.1) is 7.11 Å². The fourth-order valence-electron chi connectivity index (χ4n) is 2.65. The number of aromatic nitrogens is 2. The van der Waals surface area contributed by atoms with Gasteiger partial charge in [0.1, 0.15) is 11.6 Å². The van der Waals surface area contributed by atoms with Gasteiger partial charge in [0.15, 0.2) is 0 Å². The number of rotatable bonds is 7. The first-order valence-electron chi connectivity index (χ1n) is 8.27. The highest BCUT2D eigenvalue weighted by Gasteiger charge is 2.07. The van der Waals surface area contributed by atoms with Crippen molar-refractivity contribution in [3.05, 3.63) is 72.6 Å². The molecule has 0 aliphatic rings. The Hall–Kier alpha value is -3.08. The highest BCUT2D eigenvalue weighted by molar-refractivity contribution is 5.94. The van der Waals surface area contributed by atoms with E-state index in [0.29, 0.717) is 17.9 Å². The van der Waals surface area contributed by atoms with E-state index in [-0.39, 0.29) is 5.91 Å². The number of nitrogens with zero attached hydrogens (tertiary/aromatic N) is 2. The van der Waals surface area contributed by atoms with Crippen LogP contribution in [0.4, 0.5) is 0 Å². The zero-order valence-corrected chi connectivity index (χ0v) is 14.2. The first-order chi connectivity index (χ1) is 12.3. The second-order valence-electron chi connectivity index (χ2n) is 5.65. The van der Waals surface area contributed by atoms with Crippen LogP contribution in [0.3, 0.4) is 0 Å². The molecule has 5 nitrogen and oxygen atoms in total. The van der Waals surface area contributed by atoms with E-state index in [1.54, 1.807) is 25.4 Å². The van der Waals surface area contributed by atoms with Crippen LogP contribution in [0.1, 0.15) is 16.8 Å². The van der Waals surface area contributed by atoms with Crippen molar-refractivity contribution in [1.29, 1.82) is 0 Å². The maximum absolute atomic E-state index is 12.2. The molecule has 128 valence electrons. The van der Waals surface area contributed by atoms with Crippen LogP contribution in [0.25, 0.3) is 11.4 Å². The molecule has 25 heavy (non-hydrogen) atoms. The number of nitrogens with one attached hydrogen (secondary N) is 1. The molecule has 1 amide bonds. The van der Waals surface area contributed by atoms with Crippen molar-refractivity contribution < 1.29 is 9.53 Å². The molecule has 3 rings (SSSR count). The van der Waals surface area contributed by atoms with Gasteiger partial charge in [0.25, 0.3) is 5.91 Å². The molecule has 2 aromatic carbocycles. The molecule has 0 aliphatic heterocycles. The molecule has 0 spiro atoms. The number of carbonyl (C=O) groups is 1. The summed E-state index contributed by atoms with van der Waals surface area (Å²) in [6.45, 7) is 1.39. The van der Waals surface area contributed by atoms with Gasteiger partial charge >= 0.3 is 0 Å². The molecule has 0 bridgehead atoms. The Morgan fingerprint density at radius 1 is 1.16 bits per heavy atom. The molecule has 0 radical (unpaired) electrons. The van der Waals surface area contributed by atoms with Crippen molar-refractivity contribution in [3.8, 4) is 17.1 Å². The summed E-state index contributed by atoms with van der Waals surface area (Å²) >= 11 is 0. The first kappa shape index (κ1) is 16.8. The van der Waals surface area contributed by atoms with Crippen molar-refractivity contribution in [2.75, 3.05) is 13.7 Å². The summed E-state index contributed by atoms with van der Waals surface area (Å²) in [5.41, 5.74) is 1.69. The van der Waals surface area contributed by atoms with Gasteiger partial charge in [-0.05, 0) is 24.6 Å². The third-order valence-electron chi connectivity index (χ3n) is 3.94. The lowest BCUT2D eigenvalue weighted by Gasteiger charge is -2.09. The van der Waals surface area contributed by atoms with Crippen LogP contribution in [0.5, 0.6) is 5.75 Å². The van der Waals surface area contributed by atoms with Gasteiger partial charge in [-0.2, -0.15) is 0 Å². The summed E-state index contributed by atoms with van der Waals surface area (Å²) in [4.78, 5) is 16.6. The predicted octanol–water partition coefficient (Wildman–Crippen LogP) is 3.38. The van der Waals surface area contributed by atoms with Gasteiger partial charge in [0, 0.05) is 36.6 Å². The summed E-state index contributed by atoms with van der Waals surface area (Å²) < 4.78 is 7.25. The number of benzene rings is 2. The van der Waals surface area contributed by atoms with E-state index in [9.17, 15) is 4.79 Å². The highest BCUT2D eigenvalue weighted by atomic mass is 16.5. The average Bonchev–Trinajstić information content (AvgIpc) is 3.14. The molecular weight excluding hydrogens is 314 g/mol. The summed E-state index contributed by atoms with van der Waals surface area (Å²) in [5, 5.41) is 2.94. The standard InChI is InChI=1S/C20H21N3O2/c1-25-18-10-5-9-17(15-18)20(24)22-11-6-13-23-14-12-21-19(23)16-7-3-2-4-8-16/h2-5,7-10,12,14-15H,6,11,13H2,1H3,(H,22,24). The normalized spacial score (nSPS) is 10.4. The number of hydrogen-bond acceptors (Lipinski definition) is 3. The Kier molecular flexibility index (Phi) is 5.46. The molecular formula is C20H21N3O2. The van der Waals surface area contributed by atoms with Gasteiger partial charge in [-0.25, -0.2) is 4.98 Å². The minimum atomic E-state index is -0.0900. The third-order valence-corrected chi connectivity index (χ3v) is 3.94. The van der Waals surface area contributed by atoms with Crippen LogP contribution in [0.2, 0.25) is 0 Å². The molecule has 1 N–H and O–H groups in total. The number of carbonyl (C=O) groups excluding carboxylic acids is 1. The Morgan fingerprint density at radius 3 is 2.80 bits per heavy atom. The third kappa shape index (κ3) is 4.26. The summed E-state index contributed by atoms with van der Waals surface area (Å²) in [6, 6.07) is 17.2. The lowest BCUT2D eigenvalue weighted by molar-refractivity contribution is 0.0952. The molecule has 0 unspecified atom stereocenters. The van der Waals surface area contributed by atoms with Gasteiger partial charge in [-0.15, -0.1) is 0 Å². The number of hydrogen-bond donors (Lipinski definition) is 1. The lowest BCUT2D eigenvalue weighted by Crippen LogP contribution is -2.25. The Labute approximate surface area is 147 Å². The summed E-state index contributed by atoms with van der Waals surface area (Å²) in [7, 11) is 1.59. The fraction of sp³-hybridized carbons (Fsp3) is 0.200. The zero-order chi connectivity index (χ0) is 17.5. The van der Waals surface area contributed by atoms with Crippen LogP contribution in [-0.2, 0) is 6.54 Å². The Bertz CT molecular complexity index is 828. The van der Waals surface area contributed by atoms with Crippen LogP contribution in [0.15, 0.2) is 67.0 Å².